The average Bonchev–Trinajstić information content (AvgIpc) is 3.47. The van der Waals surface area contributed by atoms with Crippen LogP contribution in [0.25, 0.3) is 0 Å². The predicted octanol–water partition coefficient (Wildman–Crippen LogP) is 2.37. The van der Waals surface area contributed by atoms with Gasteiger partial charge in [-0.15, -0.1) is 0 Å². The number of hydrogen-bond donors (Lipinski definition) is 2. The maximum absolute atomic E-state index is 13.0. The minimum absolute atomic E-state index is 0.00144. The highest BCUT2D eigenvalue weighted by Crippen LogP contribution is 2.37. The smallest absolute Gasteiger partial charge is 0.243 e. The van der Waals surface area contributed by atoms with Crippen LogP contribution >= 0.6 is 0 Å². The number of carbonyl (C=O) groups excluding carboxylic acids is 3. The number of aryl methyl sites for hydroxylation is 1. The van der Waals surface area contributed by atoms with E-state index < -0.39 is 6.04 Å². The van der Waals surface area contributed by atoms with Gasteiger partial charge in [-0.25, -0.2) is 0 Å². The Hall–Kier alpha value is -2.37. The number of nitrogens with one attached hydrogen (secondary N) is 2. The fourth-order valence-corrected chi connectivity index (χ4v) is 4.41. The fraction of sp³-hybridized carbons (Fsp3) is 0.571. The van der Waals surface area contributed by atoms with Crippen LogP contribution in [0.2, 0.25) is 0 Å². The zero-order valence-electron chi connectivity index (χ0n) is 15.7. The van der Waals surface area contributed by atoms with Gasteiger partial charge < -0.3 is 15.5 Å². The van der Waals surface area contributed by atoms with Crippen molar-refractivity contribution in [2.45, 2.75) is 70.0 Å². The van der Waals surface area contributed by atoms with E-state index in [1.165, 1.54) is 0 Å². The third-order valence-corrected chi connectivity index (χ3v) is 5.91. The summed E-state index contributed by atoms with van der Waals surface area (Å²) in [5.74, 6) is -0.314. The summed E-state index contributed by atoms with van der Waals surface area (Å²) in [4.78, 5) is 40.1. The summed E-state index contributed by atoms with van der Waals surface area (Å²) in [6, 6.07) is 6.92. The quantitative estimate of drug-likeness (QED) is 0.855. The zero-order valence-corrected chi connectivity index (χ0v) is 15.7. The molecule has 1 heterocycles. The van der Waals surface area contributed by atoms with Crippen LogP contribution in [-0.2, 0) is 14.4 Å². The molecule has 0 aromatic heterocycles. The first kappa shape index (κ1) is 18.0. The van der Waals surface area contributed by atoms with Crippen LogP contribution < -0.4 is 10.6 Å². The number of benzene rings is 1. The Balaban J connectivity index is 1.52. The number of amides is 3. The number of carbonyl (C=O) groups is 3. The van der Waals surface area contributed by atoms with Gasteiger partial charge in [0.2, 0.25) is 17.7 Å². The molecule has 4 rings (SSSR count). The number of fused-ring (bicyclic) bond motifs is 1. The van der Waals surface area contributed by atoms with Gasteiger partial charge in [-0.1, -0.05) is 25.0 Å². The van der Waals surface area contributed by atoms with Crippen molar-refractivity contribution in [2.75, 3.05) is 5.32 Å². The lowest BCUT2D eigenvalue weighted by Crippen LogP contribution is -2.68. The summed E-state index contributed by atoms with van der Waals surface area (Å²) in [6.07, 6.45) is 5.75. The normalized spacial score (nSPS) is 27.5. The first-order valence-corrected chi connectivity index (χ1v) is 10.0. The Labute approximate surface area is 159 Å². The number of rotatable bonds is 4. The van der Waals surface area contributed by atoms with Crippen molar-refractivity contribution in [1.82, 2.24) is 10.2 Å². The first-order chi connectivity index (χ1) is 13.0. The van der Waals surface area contributed by atoms with Gasteiger partial charge in [0.1, 0.15) is 6.04 Å². The number of anilines is 1. The number of hydrogen-bond acceptors (Lipinski definition) is 3. The lowest BCUT2D eigenvalue weighted by atomic mass is 9.85. The molecular weight excluding hydrogens is 342 g/mol. The molecule has 3 fully saturated rings. The molecule has 1 saturated heterocycles. The Morgan fingerprint density at radius 2 is 1.96 bits per heavy atom. The summed E-state index contributed by atoms with van der Waals surface area (Å²) < 4.78 is 0. The summed E-state index contributed by atoms with van der Waals surface area (Å²) in [7, 11) is 0. The van der Waals surface area contributed by atoms with Crippen LogP contribution in [0.5, 0.6) is 0 Å². The predicted molar refractivity (Wildman–Crippen MR) is 102 cm³/mol. The molecule has 3 aliphatic rings. The topological polar surface area (TPSA) is 78.5 Å². The van der Waals surface area contributed by atoms with Crippen LogP contribution in [0.15, 0.2) is 24.3 Å². The minimum atomic E-state index is -0.706. The van der Waals surface area contributed by atoms with Gasteiger partial charge in [0, 0.05) is 17.6 Å². The Morgan fingerprint density at radius 3 is 2.70 bits per heavy atom. The van der Waals surface area contributed by atoms with Crippen molar-refractivity contribution in [1.29, 1.82) is 0 Å². The molecule has 1 aliphatic heterocycles. The van der Waals surface area contributed by atoms with Crippen LogP contribution in [0.4, 0.5) is 5.69 Å². The lowest BCUT2D eigenvalue weighted by molar-refractivity contribution is -0.152. The van der Waals surface area contributed by atoms with E-state index in [1.807, 2.05) is 31.2 Å². The maximum Gasteiger partial charge on any atom is 0.243 e. The third-order valence-electron chi connectivity index (χ3n) is 5.91. The van der Waals surface area contributed by atoms with Gasteiger partial charge in [-0.3, -0.25) is 14.4 Å². The summed E-state index contributed by atoms with van der Waals surface area (Å²) in [6.45, 7) is 1.96. The molecule has 6 heteroatoms. The van der Waals surface area contributed by atoms with Gasteiger partial charge in [-0.05, 0) is 50.3 Å². The van der Waals surface area contributed by atoms with Gasteiger partial charge in [0.05, 0.1) is 12.5 Å². The molecule has 0 radical (unpaired) electrons. The molecular formula is C21H27N3O3. The molecule has 2 aliphatic carbocycles. The largest absolute Gasteiger partial charge is 0.349 e. The van der Waals surface area contributed by atoms with E-state index in [4.69, 9.17) is 0 Å². The van der Waals surface area contributed by atoms with E-state index >= 15 is 0 Å². The lowest BCUT2D eigenvalue weighted by Gasteiger charge is -2.48. The molecule has 1 aromatic rings. The molecule has 2 saturated carbocycles. The Bertz CT molecular complexity index is 759. The van der Waals surface area contributed by atoms with E-state index in [0.29, 0.717) is 5.69 Å². The maximum atomic E-state index is 13.0. The Kier molecular flexibility index (Phi) is 4.89. The number of nitrogens with zero attached hydrogens (tertiary/aromatic N) is 1. The molecule has 144 valence electrons. The molecule has 0 unspecified atom stereocenters. The molecule has 2 N–H and O–H groups in total. The second-order valence-corrected chi connectivity index (χ2v) is 8.12. The van der Waals surface area contributed by atoms with E-state index in [1.54, 1.807) is 4.90 Å². The van der Waals surface area contributed by atoms with Crippen molar-refractivity contribution in [2.24, 2.45) is 5.92 Å². The van der Waals surface area contributed by atoms with Gasteiger partial charge in [0.25, 0.3) is 0 Å². The summed E-state index contributed by atoms with van der Waals surface area (Å²) in [5, 5.41) is 5.95. The molecule has 27 heavy (non-hydrogen) atoms. The van der Waals surface area contributed by atoms with Crippen LogP contribution in [0.3, 0.4) is 0 Å². The van der Waals surface area contributed by atoms with E-state index in [2.05, 4.69) is 10.6 Å². The van der Waals surface area contributed by atoms with Crippen LogP contribution in [0.1, 0.15) is 50.5 Å². The van der Waals surface area contributed by atoms with E-state index in [9.17, 15) is 14.4 Å². The minimum Gasteiger partial charge on any atom is -0.349 e. The van der Waals surface area contributed by atoms with Gasteiger partial charge >= 0.3 is 0 Å². The zero-order chi connectivity index (χ0) is 19.0. The van der Waals surface area contributed by atoms with Gasteiger partial charge in [0.15, 0.2) is 0 Å². The van der Waals surface area contributed by atoms with Crippen molar-refractivity contribution in [3.8, 4) is 0 Å². The monoisotopic (exact) mass is 369 g/mol. The standard InChI is InChI=1S/C21H27N3O3/c1-13-5-4-6-15(11-13)22-19(25)12-18-20(26)23-16-7-2-3-8-17(16)24(18)21(27)14-9-10-14/h4-6,11,14,16-18H,2-3,7-10,12H2,1H3,(H,22,25)(H,23,26)/t16-,17-,18-/m0/s1. The molecule has 0 spiro atoms. The molecule has 3 atom stereocenters. The van der Waals surface area contributed by atoms with Gasteiger partial charge in [-0.2, -0.15) is 0 Å². The van der Waals surface area contributed by atoms with Crippen LogP contribution in [0, 0.1) is 12.8 Å². The molecule has 3 amide bonds. The fourth-order valence-electron chi connectivity index (χ4n) is 4.41. The van der Waals surface area contributed by atoms with Crippen molar-refractivity contribution in [3.05, 3.63) is 29.8 Å². The molecule has 0 bridgehead atoms. The van der Waals surface area contributed by atoms with E-state index in [0.717, 1.165) is 44.1 Å². The highest BCUT2D eigenvalue weighted by atomic mass is 16.2. The van der Waals surface area contributed by atoms with Crippen molar-refractivity contribution in [3.63, 3.8) is 0 Å². The number of piperazine rings is 1. The summed E-state index contributed by atoms with van der Waals surface area (Å²) in [5.41, 5.74) is 1.77. The van der Waals surface area contributed by atoms with Crippen molar-refractivity contribution >= 4 is 23.4 Å². The first-order valence-electron chi connectivity index (χ1n) is 10.0. The molecule has 1 aromatic carbocycles. The third kappa shape index (κ3) is 3.84. The molecule has 6 nitrogen and oxygen atoms in total. The second-order valence-electron chi connectivity index (χ2n) is 8.12. The van der Waals surface area contributed by atoms with E-state index in [-0.39, 0.29) is 42.1 Å². The van der Waals surface area contributed by atoms with Crippen molar-refractivity contribution < 1.29 is 14.4 Å². The van der Waals surface area contributed by atoms with Crippen LogP contribution in [-0.4, -0.2) is 40.7 Å². The SMILES string of the molecule is Cc1cccc(NC(=O)C[C@H]2C(=O)N[C@H]3CCCC[C@@H]3N2C(=O)C2CC2)c1. The summed E-state index contributed by atoms with van der Waals surface area (Å²) >= 11 is 0. The highest BCUT2D eigenvalue weighted by Gasteiger charge is 2.48. The highest BCUT2D eigenvalue weighted by molar-refractivity contribution is 5.98. The Morgan fingerprint density at radius 1 is 1.19 bits per heavy atom. The second kappa shape index (κ2) is 7.33. The average molecular weight is 369 g/mol.